The van der Waals surface area contributed by atoms with Crippen molar-refractivity contribution < 1.29 is 4.92 Å². The van der Waals surface area contributed by atoms with E-state index in [0.717, 1.165) is 26.0 Å². The highest BCUT2D eigenvalue weighted by molar-refractivity contribution is 8.00. The van der Waals surface area contributed by atoms with E-state index in [9.17, 15) is 10.1 Å². The van der Waals surface area contributed by atoms with Crippen LogP contribution in [0.15, 0.2) is 70.0 Å². The van der Waals surface area contributed by atoms with Gasteiger partial charge in [0.2, 0.25) is 0 Å². The summed E-state index contributed by atoms with van der Waals surface area (Å²) in [7, 11) is 3.59. The minimum Gasteiger partial charge on any atom is -0.372 e. The maximum absolute atomic E-state index is 11.5. The lowest BCUT2D eigenvalue weighted by atomic mass is 10.0. The third-order valence-electron chi connectivity index (χ3n) is 7.60. The Morgan fingerprint density at radius 2 is 1.56 bits per heavy atom. The Balaban J connectivity index is 1.23. The molecule has 0 amide bonds. The summed E-state index contributed by atoms with van der Waals surface area (Å²) in [5.74, 6) is 0.894. The van der Waals surface area contributed by atoms with Crippen LogP contribution < -0.4 is 4.90 Å². The first-order valence-corrected chi connectivity index (χ1v) is 17.3. The smallest absolute Gasteiger partial charge is 0.293 e. The monoisotopic (exact) mass is 616 g/mol. The van der Waals surface area contributed by atoms with Crippen molar-refractivity contribution >= 4 is 56.6 Å². The van der Waals surface area contributed by atoms with E-state index in [1.165, 1.54) is 81.8 Å². The molecule has 0 N–H and O–H groups in total. The fraction of sp³-hybridized carbons (Fsp3) is 0.429. The number of hydrogen-bond donors (Lipinski definition) is 0. The number of nitro benzene ring substituents is 1. The van der Waals surface area contributed by atoms with Gasteiger partial charge < -0.3 is 4.90 Å². The molecule has 228 valence electrons. The topological polar surface area (TPSA) is 71.6 Å². The average Bonchev–Trinajstić information content (AvgIpc) is 3.42. The van der Waals surface area contributed by atoms with E-state index in [4.69, 9.17) is 4.98 Å². The maximum Gasteiger partial charge on any atom is 0.293 e. The molecule has 0 radical (unpaired) electrons. The molecule has 43 heavy (non-hydrogen) atoms. The molecule has 4 rings (SSSR count). The van der Waals surface area contributed by atoms with Crippen LogP contribution in [0.4, 0.5) is 17.1 Å². The highest BCUT2D eigenvalue weighted by Crippen LogP contribution is 2.34. The molecule has 0 aliphatic heterocycles. The number of thioether (sulfide) groups is 1. The quantitative estimate of drug-likeness (QED) is 0.0366. The van der Waals surface area contributed by atoms with E-state index in [1.54, 1.807) is 60.4 Å². The van der Waals surface area contributed by atoms with Gasteiger partial charge in [-0.25, -0.2) is 4.98 Å². The SMILES string of the molecule is CCCCCCCCCCCCc1ccc(CSc2nc3ccc(N=Cc4ccc(N(C)C)c([N+](=O)[O-])c4)cc3s2)cc1. The van der Waals surface area contributed by atoms with Gasteiger partial charge >= 0.3 is 0 Å². The number of thiazole rings is 1. The molecule has 1 heterocycles. The third kappa shape index (κ3) is 10.5. The fourth-order valence-electron chi connectivity index (χ4n) is 5.09. The van der Waals surface area contributed by atoms with Crippen molar-refractivity contribution in [3.8, 4) is 0 Å². The van der Waals surface area contributed by atoms with E-state index in [0.29, 0.717) is 11.3 Å². The van der Waals surface area contributed by atoms with Crippen molar-refractivity contribution in [2.45, 2.75) is 87.6 Å². The van der Waals surface area contributed by atoms with E-state index < -0.39 is 0 Å². The zero-order valence-electron chi connectivity index (χ0n) is 25.8. The number of unbranched alkanes of at least 4 members (excludes halogenated alkanes) is 9. The Kier molecular flexibility index (Phi) is 13.0. The lowest BCUT2D eigenvalue weighted by Gasteiger charge is -2.12. The molecule has 3 aromatic carbocycles. The molecule has 8 heteroatoms. The number of anilines is 1. The second kappa shape index (κ2) is 17.2. The summed E-state index contributed by atoms with van der Waals surface area (Å²) in [6.07, 6.45) is 16.6. The van der Waals surface area contributed by atoms with Crippen molar-refractivity contribution in [1.29, 1.82) is 0 Å². The lowest BCUT2D eigenvalue weighted by Crippen LogP contribution is -2.11. The molecule has 0 fully saturated rings. The van der Waals surface area contributed by atoms with Crippen molar-refractivity contribution in [2.24, 2.45) is 4.99 Å². The van der Waals surface area contributed by atoms with Gasteiger partial charge in [0.15, 0.2) is 4.34 Å². The summed E-state index contributed by atoms with van der Waals surface area (Å²) < 4.78 is 2.12. The number of aromatic nitrogens is 1. The van der Waals surface area contributed by atoms with Crippen LogP contribution in [0.2, 0.25) is 0 Å². The van der Waals surface area contributed by atoms with Gasteiger partial charge in [-0.2, -0.15) is 0 Å². The van der Waals surface area contributed by atoms with Gasteiger partial charge in [0.25, 0.3) is 5.69 Å². The van der Waals surface area contributed by atoms with Gasteiger partial charge in [0.1, 0.15) is 5.69 Å². The Morgan fingerprint density at radius 1 is 0.884 bits per heavy atom. The molecule has 0 aliphatic rings. The zero-order valence-corrected chi connectivity index (χ0v) is 27.4. The van der Waals surface area contributed by atoms with Gasteiger partial charge in [-0.3, -0.25) is 15.1 Å². The van der Waals surface area contributed by atoms with Crippen LogP contribution >= 0.6 is 23.1 Å². The van der Waals surface area contributed by atoms with E-state index in [2.05, 4.69) is 36.2 Å². The molecule has 1 aromatic heterocycles. The second-order valence-electron chi connectivity index (χ2n) is 11.3. The Labute approximate surface area is 264 Å². The summed E-state index contributed by atoms with van der Waals surface area (Å²) in [5, 5.41) is 11.5. The molecule has 0 saturated heterocycles. The number of nitrogens with zero attached hydrogens (tertiary/aromatic N) is 4. The summed E-state index contributed by atoms with van der Waals surface area (Å²) in [6.45, 7) is 2.28. The molecule has 0 aliphatic carbocycles. The Morgan fingerprint density at radius 3 is 2.23 bits per heavy atom. The molecular formula is C35H44N4O2S2. The van der Waals surface area contributed by atoms with E-state index in [-0.39, 0.29) is 10.6 Å². The highest BCUT2D eigenvalue weighted by atomic mass is 32.2. The molecule has 0 unspecified atom stereocenters. The molecule has 6 nitrogen and oxygen atoms in total. The summed E-state index contributed by atoms with van der Waals surface area (Å²) in [4.78, 5) is 22.2. The van der Waals surface area contributed by atoms with Gasteiger partial charge in [0, 0.05) is 32.1 Å². The van der Waals surface area contributed by atoms with Crippen LogP contribution in [0.25, 0.3) is 10.2 Å². The Hall–Kier alpha value is -3.23. The van der Waals surface area contributed by atoms with Gasteiger partial charge in [-0.15, -0.1) is 11.3 Å². The normalized spacial score (nSPS) is 11.5. The van der Waals surface area contributed by atoms with Crippen LogP contribution in [-0.4, -0.2) is 30.2 Å². The number of rotatable bonds is 18. The average molecular weight is 617 g/mol. The van der Waals surface area contributed by atoms with Crippen LogP contribution in [0, 0.1) is 10.1 Å². The van der Waals surface area contributed by atoms with Crippen molar-refractivity contribution in [3.63, 3.8) is 0 Å². The molecule has 0 spiro atoms. The molecular weight excluding hydrogens is 573 g/mol. The molecule has 0 saturated carbocycles. The molecule has 0 atom stereocenters. The number of aliphatic imine (C=N–C) groups is 1. The summed E-state index contributed by atoms with van der Waals surface area (Å²) in [6, 6.07) is 20.2. The van der Waals surface area contributed by atoms with Crippen LogP contribution in [0.5, 0.6) is 0 Å². The van der Waals surface area contributed by atoms with Crippen LogP contribution in [-0.2, 0) is 12.2 Å². The summed E-state index contributed by atoms with van der Waals surface area (Å²) in [5.41, 5.74) is 5.83. The minimum absolute atomic E-state index is 0.0669. The van der Waals surface area contributed by atoms with E-state index >= 15 is 0 Å². The number of nitro groups is 1. The van der Waals surface area contributed by atoms with Crippen molar-refractivity contribution in [2.75, 3.05) is 19.0 Å². The van der Waals surface area contributed by atoms with Gasteiger partial charge in [-0.1, -0.05) is 107 Å². The van der Waals surface area contributed by atoms with Gasteiger partial charge in [0.05, 0.1) is 20.8 Å². The van der Waals surface area contributed by atoms with Gasteiger partial charge in [-0.05, 0) is 53.8 Å². The molecule has 4 aromatic rings. The molecule has 0 bridgehead atoms. The predicted octanol–water partition coefficient (Wildman–Crippen LogP) is 10.8. The zero-order chi connectivity index (χ0) is 30.4. The van der Waals surface area contributed by atoms with Crippen LogP contribution in [0.1, 0.15) is 87.8 Å². The van der Waals surface area contributed by atoms with Crippen molar-refractivity contribution in [3.05, 3.63) is 87.5 Å². The highest BCUT2D eigenvalue weighted by Gasteiger charge is 2.15. The van der Waals surface area contributed by atoms with Crippen molar-refractivity contribution in [1.82, 2.24) is 4.98 Å². The lowest BCUT2D eigenvalue weighted by molar-refractivity contribution is -0.384. The van der Waals surface area contributed by atoms with E-state index in [1.807, 2.05) is 24.3 Å². The first-order chi connectivity index (χ1) is 20.9. The summed E-state index contributed by atoms with van der Waals surface area (Å²) >= 11 is 3.44. The number of benzene rings is 3. The third-order valence-corrected chi connectivity index (χ3v) is 9.83. The first-order valence-electron chi connectivity index (χ1n) is 15.5. The number of aryl methyl sites for hydroxylation is 1. The first kappa shape index (κ1) is 32.7. The second-order valence-corrected chi connectivity index (χ2v) is 13.6. The number of fused-ring (bicyclic) bond motifs is 1. The number of hydrogen-bond acceptors (Lipinski definition) is 7. The maximum atomic E-state index is 11.5. The predicted molar refractivity (Wildman–Crippen MR) is 186 cm³/mol. The Bertz CT molecular complexity index is 1480. The minimum atomic E-state index is -0.358. The standard InChI is InChI=1S/C35H44N4O2S2/c1-4-5-6-7-8-9-10-11-12-13-14-27-15-17-28(18-16-27)26-42-35-37-31-21-20-30(24-34(31)43-35)36-25-29-19-22-32(38(2)3)33(23-29)39(40)41/h15-25H,4-14,26H2,1-3H3. The fourth-order valence-corrected chi connectivity index (χ4v) is 7.15. The largest absolute Gasteiger partial charge is 0.372 e. The van der Waals surface area contributed by atoms with Crippen LogP contribution in [0.3, 0.4) is 0 Å².